The summed E-state index contributed by atoms with van der Waals surface area (Å²) in [6, 6.07) is 0. The van der Waals surface area contributed by atoms with Crippen LogP contribution in [0, 0.1) is 11.8 Å². The van der Waals surface area contributed by atoms with Gasteiger partial charge in [-0.05, 0) is 12.8 Å². The minimum Gasteiger partial charge on any atom is -0.481 e. The maximum Gasteiger partial charge on any atom is 0.307 e. The molecule has 0 aromatic carbocycles. The van der Waals surface area contributed by atoms with Crippen LogP contribution < -0.4 is 0 Å². The van der Waals surface area contributed by atoms with E-state index in [0.717, 1.165) is 6.42 Å². The molecule has 1 aliphatic carbocycles. The summed E-state index contributed by atoms with van der Waals surface area (Å²) in [6.07, 6.45) is 3.04. The van der Waals surface area contributed by atoms with Crippen LogP contribution in [0.4, 0.5) is 0 Å². The van der Waals surface area contributed by atoms with Crippen LogP contribution in [-0.4, -0.2) is 35.0 Å². The fourth-order valence-corrected chi connectivity index (χ4v) is 1.69. The number of carbonyl (C=O) groups excluding carboxylic acids is 1. The minimum atomic E-state index is -0.858. The van der Waals surface area contributed by atoms with Crippen LogP contribution in [0.1, 0.15) is 19.8 Å². The average molecular weight is 211 g/mol. The van der Waals surface area contributed by atoms with Crippen molar-refractivity contribution in [2.75, 3.05) is 13.1 Å². The van der Waals surface area contributed by atoms with E-state index in [-0.39, 0.29) is 11.8 Å². The summed E-state index contributed by atoms with van der Waals surface area (Å²) < 4.78 is 0. The van der Waals surface area contributed by atoms with E-state index in [4.69, 9.17) is 5.11 Å². The molecule has 1 saturated carbocycles. The molecule has 4 heteroatoms. The molecule has 1 N–H and O–H groups in total. The molecule has 84 valence electrons. The zero-order valence-electron chi connectivity index (χ0n) is 8.98. The molecule has 0 radical (unpaired) electrons. The molecule has 1 rings (SSSR count). The van der Waals surface area contributed by atoms with Crippen molar-refractivity contribution in [3.63, 3.8) is 0 Å². The number of rotatable bonds is 6. The number of carbonyl (C=O) groups is 2. The normalized spacial score (nSPS) is 23.3. The van der Waals surface area contributed by atoms with Gasteiger partial charge in [0.15, 0.2) is 0 Å². The van der Waals surface area contributed by atoms with Gasteiger partial charge in [-0.3, -0.25) is 9.59 Å². The number of aliphatic carboxylic acids is 1. The van der Waals surface area contributed by atoms with Gasteiger partial charge in [-0.1, -0.05) is 13.0 Å². The van der Waals surface area contributed by atoms with Crippen LogP contribution in [0.5, 0.6) is 0 Å². The summed E-state index contributed by atoms with van der Waals surface area (Å²) in [6.45, 7) is 6.76. The topological polar surface area (TPSA) is 57.6 Å². The Bertz CT molecular complexity index is 275. The molecule has 0 bridgehead atoms. The summed E-state index contributed by atoms with van der Waals surface area (Å²) in [5, 5.41) is 8.72. The Morgan fingerprint density at radius 2 is 2.20 bits per heavy atom. The predicted octanol–water partition coefficient (Wildman–Crippen LogP) is 1.13. The highest BCUT2D eigenvalue weighted by Crippen LogP contribution is 2.40. The van der Waals surface area contributed by atoms with Crippen molar-refractivity contribution < 1.29 is 14.7 Å². The Hall–Kier alpha value is -1.32. The molecular weight excluding hydrogens is 194 g/mol. The smallest absolute Gasteiger partial charge is 0.307 e. The maximum atomic E-state index is 11.8. The first-order chi connectivity index (χ1) is 7.11. The lowest BCUT2D eigenvalue weighted by atomic mass is 10.2. The van der Waals surface area contributed by atoms with Gasteiger partial charge >= 0.3 is 5.97 Å². The molecule has 0 unspecified atom stereocenters. The van der Waals surface area contributed by atoms with E-state index in [9.17, 15) is 9.59 Å². The van der Waals surface area contributed by atoms with Crippen LogP contribution in [0.15, 0.2) is 12.7 Å². The first-order valence-electron chi connectivity index (χ1n) is 5.24. The third-order valence-corrected chi connectivity index (χ3v) is 2.58. The second-order valence-electron chi connectivity index (χ2n) is 3.86. The van der Waals surface area contributed by atoms with Crippen molar-refractivity contribution in [2.45, 2.75) is 19.8 Å². The molecule has 1 amide bonds. The second-order valence-corrected chi connectivity index (χ2v) is 3.86. The summed E-state index contributed by atoms with van der Waals surface area (Å²) in [4.78, 5) is 24.1. The molecule has 1 aliphatic rings. The zero-order valence-corrected chi connectivity index (χ0v) is 8.98. The zero-order chi connectivity index (χ0) is 11.4. The van der Waals surface area contributed by atoms with Gasteiger partial charge in [-0.25, -0.2) is 0 Å². The molecule has 0 aromatic heterocycles. The number of carboxylic acid groups (broad SMARTS) is 1. The highest BCUT2D eigenvalue weighted by atomic mass is 16.4. The Labute approximate surface area is 89.6 Å². The third-order valence-electron chi connectivity index (χ3n) is 2.58. The molecule has 0 spiro atoms. The maximum absolute atomic E-state index is 11.8. The van der Waals surface area contributed by atoms with E-state index in [1.165, 1.54) is 0 Å². The van der Waals surface area contributed by atoms with Gasteiger partial charge in [0.1, 0.15) is 0 Å². The SMILES string of the molecule is C=CCN(CCC)C(=O)[C@@H]1C[C@@H]1C(=O)O. The fraction of sp³-hybridized carbons (Fsp3) is 0.636. The van der Waals surface area contributed by atoms with Gasteiger partial charge < -0.3 is 10.0 Å². The van der Waals surface area contributed by atoms with E-state index in [2.05, 4.69) is 6.58 Å². The molecule has 0 saturated heterocycles. The van der Waals surface area contributed by atoms with Crippen molar-refractivity contribution in [1.82, 2.24) is 4.90 Å². The highest BCUT2D eigenvalue weighted by Gasteiger charge is 2.49. The fourth-order valence-electron chi connectivity index (χ4n) is 1.69. The number of carboxylic acids is 1. The number of hydrogen-bond donors (Lipinski definition) is 1. The first-order valence-corrected chi connectivity index (χ1v) is 5.24. The van der Waals surface area contributed by atoms with Gasteiger partial charge in [0.05, 0.1) is 11.8 Å². The van der Waals surface area contributed by atoms with E-state index in [1.807, 2.05) is 6.92 Å². The summed E-state index contributed by atoms with van der Waals surface area (Å²) in [5.74, 6) is -1.65. The van der Waals surface area contributed by atoms with E-state index >= 15 is 0 Å². The Balaban J connectivity index is 2.50. The summed E-state index contributed by atoms with van der Waals surface area (Å²) in [5.41, 5.74) is 0. The van der Waals surface area contributed by atoms with Gasteiger partial charge in [0, 0.05) is 13.1 Å². The Morgan fingerprint density at radius 3 is 2.60 bits per heavy atom. The quantitative estimate of drug-likeness (QED) is 0.670. The molecule has 0 heterocycles. The van der Waals surface area contributed by atoms with E-state index < -0.39 is 11.9 Å². The lowest BCUT2D eigenvalue weighted by Gasteiger charge is -2.20. The molecular formula is C11H17NO3. The molecule has 1 fully saturated rings. The average Bonchev–Trinajstić information content (AvgIpc) is 2.96. The van der Waals surface area contributed by atoms with Crippen molar-refractivity contribution in [3.8, 4) is 0 Å². The van der Waals surface area contributed by atoms with Crippen LogP contribution in [0.3, 0.4) is 0 Å². The summed E-state index contributed by atoms with van der Waals surface area (Å²) in [7, 11) is 0. The molecule has 0 aliphatic heterocycles. The standard InChI is InChI=1S/C11H17NO3/c1-3-5-12(6-4-2)10(13)8-7-9(8)11(14)15/h3,8-9H,1,4-7H2,2H3,(H,14,15)/t8-,9+/m1/s1. The van der Waals surface area contributed by atoms with Crippen LogP contribution in [0.25, 0.3) is 0 Å². The molecule has 0 aromatic rings. The number of nitrogens with zero attached hydrogens (tertiary/aromatic N) is 1. The largest absolute Gasteiger partial charge is 0.481 e. The monoisotopic (exact) mass is 211 g/mol. The number of hydrogen-bond acceptors (Lipinski definition) is 2. The van der Waals surface area contributed by atoms with Gasteiger partial charge in [0.2, 0.25) is 5.91 Å². The lowest BCUT2D eigenvalue weighted by Crippen LogP contribution is -2.33. The van der Waals surface area contributed by atoms with Crippen molar-refractivity contribution in [3.05, 3.63) is 12.7 Å². The van der Waals surface area contributed by atoms with Crippen molar-refractivity contribution in [2.24, 2.45) is 11.8 Å². The second kappa shape index (κ2) is 4.96. The highest BCUT2D eigenvalue weighted by molar-refractivity contribution is 5.89. The summed E-state index contributed by atoms with van der Waals surface area (Å²) >= 11 is 0. The van der Waals surface area contributed by atoms with Gasteiger partial charge in [0.25, 0.3) is 0 Å². The molecule has 4 nitrogen and oxygen atoms in total. The number of amides is 1. The predicted molar refractivity (Wildman–Crippen MR) is 56.3 cm³/mol. The minimum absolute atomic E-state index is 0.0378. The van der Waals surface area contributed by atoms with Crippen molar-refractivity contribution >= 4 is 11.9 Å². The van der Waals surface area contributed by atoms with Crippen molar-refractivity contribution in [1.29, 1.82) is 0 Å². The Morgan fingerprint density at radius 1 is 1.53 bits per heavy atom. The van der Waals surface area contributed by atoms with E-state index in [0.29, 0.717) is 19.5 Å². The molecule has 15 heavy (non-hydrogen) atoms. The van der Waals surface area contributed by atoms with Crippen LogP contribution in [0.2, 0.25) is 0 Å². The van der Waals surface area contributed by atoms with Crippen LogP contribution >= 0.6 is 0 Å². The third kappa shape index (κ3) is 2.81. The first kappa shape index (κ1) is 11.8. The molecule has 2 atom stereocenters. The van der Waals surface area contributed by atoms with Gasteiger partial charge in [-0.15, -0.1) is 6.58 Å². The van der Waals surface area contributed by atoms with E-state index in [1.54, 1.807) is 11.0 Å². The van der Waals surface area contributed by atoms with Crippen LogP contribution in [-0.2, 0) is 9.59 Å². The van der Waals surface area contributed by atoms with Gasteiger partial charge in [-0.2, -0.15) is 0 Å². The Kier molecular flexibility index (Phi) is 3.88. The lowest BCUT2D eigenvalue weighted by molar-refractivity contribution is -0.141.